The Labute approximate surface area is 290 Å². The van der Waals surface area contributed by atoms with Crippen LogP contribution in [-0.4, -0.2) is 77.9 Å². The zero-order valence-electron chi connectivity index (χ0n) is 27.5. The van der Waals surface area contributed by atoms with Crippen LogP contribution >= 0.6 is 0 Å². The van der Waals surface area contributed by atoms with Crippen molar-refractivity contribution in [1.82, 2.24) is 25.6 Å². The highest BCUT2D eigenvalue weighted by molar-refractivity contribution is 5.95. The van der Waals surface area contributed by atoms with Gasteiger partial charge in [-0.05, 0) is 72.7 Å². The Morgan fingerprint density at radius 3 is 1.96 bits per heavy atom. The molecule has 0 saturated carbocycles. The van der Waals surface area contributed by atoms with Crippen molar-refractivity contribution in [2.75, 3.05) is 62.0 Å². The molecule has 13 nitrogen and oxygen atoms in total. The fourth-order valence-corrected chi connectivity index (χ4v) is 4.60. The summed E-state index contributed by atoms with van der Waals surface area (Å²) in [5.74, 6) is 0.695. The van der Waals surface area contributed by atoms with Crippen LogP contribution in [0.1, 0.15) is 27.1 Å². The summed E-state index contributed by atoms with van der Waals surface area (Å²) >= 11 is 0. The molecule has 1 aromatic heterocycles. The summed E-state index contributed by atoms with van der Waals surface area (Å²) in [6, 6.07) is 22.6. The summed E-state index contributed by atoms with van der Waals surface area (Å²) in [5.41, 5.74) is 3.54. The first kappa shape index (κ1) is 35.3. The van der Waals surface area contributed by atoms with Crippen molar-refractivity contribution in [2.45, 2.75) is 6.42 Å². The van der Waals surface area contributed by atoms with Gasteiger partial charge in [0.15, 0.2) is 0 Å². The van der Waals surface area contributed by atoms with Gasteiger partial charge in [0.1, 0.15) is 5.75 Å². The van der Waals surface area contributed by atoms with Crippen LogP contribution in [0.25, 0.3) is 0 Å². The second kappa shape index (κ2) is 19.1. The fourth-order valence-electron chi connectivity index (χ4n) is 4.60. The Morgan fingerprint density at radius 2 is 1.26 bits per heavy atom. The second-order valence-corrected chi connectivity index (χ2v) is 10.9. The Morgan fingerprint density at radius 1 is 0.660 bits per heavy atom. The first-order valence-corrected chi connectivity index (χ1v) is 16.2. The number of hydrogen-bond acceptors (Lipinski definition) is 11. The molecule has 0 aliphatic heterocycles. The highest BCUT2D eigenvalue weighted by atomic mass is 16.5. The maximum absolute atomic E-state index is 12.7. The smallest absolute Gasteiger partial charge is 0.251 e. The van der Waals surface area contributed by atoms with Gasteiger partial charge >= 0.3 is 0 Å². The molecule has 5 rings (SSSR count). The molecule has 258 valence electrons. The SMILES string of the molecule is O=C(NCCOCCOCCNc1nc(Nc2ccc(O)cc2)nc(Nc2ccc(C(=O)NCC3=CCC=CC=C3)cc2)n1)c1ccccc1. The standard InChI is InChI=1S/C37H40N8O5/c46-32-18-16-31(17-19-32)42-37-44-35(39-21-23-50-25-24-49-22-20-38-33(47)28-10-6-3-7-11-28)43-36(45-37)41-30-14-12-29(13-15-30)34(48)40-26-27-8-4-1-2-5-9-27/h1-4,6-19,46H,5,20-26H2,(H,38,47)(H,40,48)(H3,39,41,42,43,44,45). The number of aromatic hydroxyl groups is 1. The summed E-state index contributed by atoms with van der Waals surface area (Å²) in [4.78, 5) is 38.3. The Bertz CT molecular complexity index is 1780. The van der Waals surface area contributed by atoms with E-state index >= 15 is 0 Å². The van der Waals surface area contributed by atoms with Crippen LogP contribution in [0.3, 0.4) is 0 Å². The quantitative estimate of drug-likeness (QED) is 0.0611. The Kier molecular flexibility index (Phi) is 13.5. The fraction of sp³-hybridized carbons (Fsp3) is 0.216. The number of nitrogens with zero attached hydrogens (tertiary/aromatic N) is 3. The first-order chi connectivity index (χ1) is 24.5. The van der Waals surface area contributed by atoms with Crippen molar-refractivity contribution in [3.05, 3.63) is 126 Å². The number of anilines is 5. The lowest BCUT2D eigenvalue weighted by Crippen LogP contribution is -2.27. The third kappa shape index (κ3) is 11.9. The molecule has 0 atom stereocenters. The number of nitrogens with one attached hydrogen (secondary N) is 5. The lowest BCUT2D eigenvalue weighted by Gasteiger charge is -2.12. The van der Waals surface area contributed by atoms with Gasteiger partial charge in [-0.3, -0.25) is 9.59 Å². The zero-order valence-corrected chi connectivity index (χ0v) is 27.5. The third-order valence-corrected chi connectivity index (χ3v) is 7.16. The first-order valence-electron chi connectivity index (χ1n) is 16.2. The number of allylic oxidation sites excluding steroid dienone is 4. The number of carbonyl (C=O) groups is 2. The van der Waals surface area contributed by atoms with E-state index in [1.54, 1.807) is 60.7 Å². The largest absolute Gasteiger partial charge is 0.508 e. The van der Waals surface area contributed by atoms with E-state index in [0.717, 1.165) is 12.0 Å². The lowest BCUT2D eigenvalue weighted by atomic mass is 10.1. The number of ether oxygens (including phenoxy) is 2. The van der Waals surface area contributed by atoms with Gasteiger partial charge in [-0.15, -0.1) is 0 Å². The Balaban J connectivity index is 1.09. The number of rotatable bonds is 18. The van der Waals surface area contributed by atoms with Gasteiger partial charge in [-0.2, -0.15) is 15.0 Å². The van der Waals surface area contributed by atoms with Crippen molar-refractivity contribution in [3.63, 3.8) is 0 Å². The van der Waals surface area contributed by atoms with Crippen molar-refractivity contribution in [1.29, 1.82) is 0 Å². The van der Waals surface area contributed by atoms with Gasteiger partial charge in [-0.1, -0.05) is 48.6 Å². The predicted molar refractivity (Wildman–Crippen MR) is 193 cm³/mol. The molecular formula is C37H40N8O5. The van der Waals surface area contributed by atoms with Crippen LogP contribution in [0.2, 0.25) is 0 Å². The second-order valence-electron chi connectivity index (χ2n) is 10.9. The van der Waals surface area contributed by atoms with E-state index in [0.29, 0.717) is 74.5 Å². The van der Waals surface area contributed by atoms with E-state index < -0.39 is 0 Å². The third-order valence-electron chi connectivity index (χ3n) is 7.16. The van der Waals surface area contributed by atoms with Crippen LogP contribution < -0.4 is 26.6 Å². The van der Waals surface area contributed by atoms with Crippen LogP contribution in [-0.2, 0) is 9.47 Å². The van der Waals surface area contributed by atoms with E-state index in [4.69, 9.17) is 9.47 Å². The molecule has 0 saturated heterocycles. The summed E-state index contributed by atoms with van der Waals surface area (Å²) in [5, 5.41) is 24.9. The summed E-state index contributed by atoms with van der Waals surface area (Å²) in [6.07, 6.45) is 10.9. The minimum absolute atomic E-state index is 0.137. The van der Waals surface area contributed by atoms with Crippen LogP contribution in [0.5, 0.6) is 5.75 Å². The maximum atomic E-state index is 12.7. The van der Waals surface area contributed by atoms with Crippen LogP contribution in [0.15, 0.2) is 115 Å². The highest BCUT2D eigenvalue weighted by Gasteiger charge is 2.10. The molecule has 0 bridgehead atoms. The van der Waals surface area contributed by atoms with Gasteiger partial charge in [0.05, 0.1) is 26.4 Å². The summed E-state index contributed by atoms with van der Waals surface area (Å²) in [6.45, 7) is 2.78. The van der Waals surface area contributed by atoms with Crippen molar-refractivity contribution in [3.8, 4) is 5.75 Å². The monoisotopic (exact) mass is 676 g/mol. The summed E-state index contributed by atoms with van der Waals surface area (Å²) in [7, 11) is 0. The number of aromatic nitrogens is 3. The van der Waals surface area contributed by atoms with Gasteiger partial charge in [0, 0.05) is 42.1 Å². The van der Waals surface area contributed by atoms with E-state index in [9.17, 15) is 14.7 Å². The zero-order chi connectivity index (χ0) is 34.8. The molecule has 1 heterocycles. The molecule has 0 unspecified atom stereocenters. The Hall–Kier alpha value is -6.05. The van der Waals surface area contributed by atoms with Gasteiger partial charge in [0.25, 0.3) is 11.8 Å². The molecule has 1 aliphatic rings. The van der Waals surface area contributed by atoms with E-state index in [-0.39, 0.29) is 29.5 Å². The number of carbonyl (C=O) groups excluding carboxylic acids is 2. The van der Waals surface area contributed by atoms with Gasteiger partial charge in [-0.25, -0.2) is 0 Å². The lowest BCUT2D eigenvalue weighted by molar-refractivity contribution is 0.0519. The van der Waals surface area contributed by atoms with Gasteiger partial charge < -0.3 is 41.2 Å². The van der Waals surface area contributed by atoms with E-state index in [2.05, 4.69) is 53.7 Å². The van der Waals surface area contributed by atoms with Crippen LogP contribution in [0.4, 0.5) is 29.2 Å². The minimum atomic E-state index is -0.170. The number of hydrogen-bond donors (Lipinski definition) is 6. The number of phenolic OH excluding ortho intramolecular Hbond substituents is 1. The average Bonchev–Trinajstić information content (AvgIpc) is 3.42. The van der Waals surface area contributed by atoms with Crippen molar-refractivity contribution in [2.24, 2.45) is 0 Å². The topological polar surface area (TPSA) is 172 Å². The molecule has 6 N–H and O–H groups in total. The molecule has 13 heteroatoms. The predicted octanol–water partition coefficient (Wildman–Crippen LogP) is 5.11. The molecule has 50 heavy (non-hydrogen) atoms. The number of phenols is 1. The molecule has 2 amide bonds. The van der Waals surface area contributed by atoms with Crippen molar-refractivity contribution >= 4 is 41.0 Å². The molecule has 3 aromatic carbocycles. The molecule has 0 radical (unpaired) electrons. The maximum Gasteiger partial charge on any atom is 0.251 e. The van der Waals surface area contributed by atoms with Crippen molar-refractivity contribution < 1.29 is 24.2 Å². The molecule has 0 spiro atoms. The molecule has 1 aliphatic carbocycles. The average molecular weight is 677 g/mol. The summed E-state index contributed by atoms with van der Waals surface area (Å²) < 4.78 is 11.2. The molecular weight excluding hydrogens is 636 g/mol. The molecule has 0 fully saturated rings. The van der Waals surface area contributed by atoms with Gasteiger partial charge in [0.2, 0.25) is 17.8 Å². The number of amides is 2. The molecule has 4 aromatic rings. The van der Waals surface area contributed by atoms with E-state index in [1.165, 1.54) is 0 Å². The van der Waals surface area contributed by atoms with E-state index in [1.807, 2.05) is 36.4 Å². The number of benzene rings is 3. The van der Waals surface area contributed by atoms with Crippen LogP contribution in [0, 0.1) is 0 Å². The normalized spacial score (nSPS) is 12.0. The minimum Gasteiger partial charge on any atom is -0.508 e. The highest BCUT2D eigenvalue weighted by Crippen LogP contribution is 2.21.